The highest BCUT2D eigenvalue weighted by atomic mass is 79.9. The van der Waals surface area contributed by atoms with Crippen molar-refractivity contribution in [2.75, 3.05) is 7.11 Å². The van der Waals surface area contributed by atoms with E-state index in [1.165, 1.54) is 0 Å². The van der Waals surface area contributed by atoms with Crippen LogP contribution in [0, 0.1) is 0 Å². The Hall–Kier alpha value is -1.10. The van der Waals surface area contributed by atoms with Crippen LogP contribution in [0.25, 0.3) is 5.65 Å². The molecule has 0 bridgehead atoms. The number of hydrogen-bond donors (Lipinski definition) is 0. The van der Waals surface area contributed by atoms with E-state index >= 15 is 0 Å². The Morgan fingerprint density at radius 2 is 2.33 bits per heavy atom. The summed E-state index contributed by atoms with van der Waals surface area (Å²) in [4.78, 5) is 8.13. The van der Waals surface area contributed by atoms with E-state index in [0.29, 0.717) is 11.5 Å². The molecule has 0 aliphatic rings. The molecule has 12 heavy (non-hydrogen) atoms. The largest absolute Gasteiger partial charge is 0.478 e. The number of halogens is 1. The third-order valence-electron chi connectivity index (χ3n) is 1.54. The maximum atomic E-state index is 5.03. The number of hydrogen-bond acceptors (Lipinski definition) is 3. The summed E-state index contributed by atoms with van der Waals surface area (Å²) >= 11 is 3.35. The van der Waals surface area contributed by atoms with Crippen LogP contribution in [0.5, 0.6) is 5.88 Å². The Labute approximate surface area is 77.3 Å². The molecule has 2 aromatic rings. The van der Waals surface area contributed by atoms with E-state index in [0.717, 1.165) is 4.60 Å². The van der Waals surface area contributed by atoms with Crippen molar-refractivity contribution in [3.8, 4) is 5.88 Å². The third-order valence-corrected chi connectivity index (χ3v) is 2.13. The van der Waals surface area contributed by atoms with Crippen LogP contribution >= 0.6 is 15.9 Å². The Bertz CT molecular complexity index is 412. The molecule has 2 heterocycles. The monoisotopic (exact) mass is 227 g/mol. The first-order valence-corrected chi connectivity index (χ1v) is 4.14. The summed E-state index contributed by atoms with van der Waals surface area (Å²) in [6, 6.07) is 0. The van der Waals surface area contributed by atoms with E-state index in [2.05, 4.69) is 25.9 Å². The van der Waals surface area contributed by atoms with Gasteiger partial charge in [-0.15, -0.1) is 0 Å². The summed E-state index contributed by atoms with van der Waals surface area (Å²) in [7, 11) is 1.57. The van der Waals surface area contributed by atoms with Crippen LogP contribution in [-0.2, 0) is 0 Å². The molecule has 62 valence electrons. The van der Waals surface area contributed by atoms with E-state index in [9.17, 15) is 0 Å². The lowest BCUT2D eigenvalue weighted by atomic mass is 10.6. The van der Waals surface area contributed by atoms with Gasteiger partial charge >= 0.3 is 0 Å². The fraction of sp³-hybridized carbons (Fsp3) is 0.143. The number of imidazole rings is 1. The first-order chi connectivity index (χ1) is 5.83. The van der Waals surface area contributed by atoms with Crippen molar-refractivity contribution >= 4 is 21.6 Å². The predicted molar refractivity (Wildman–Crippen MR) is 47.2 cm³/mol. The standard InChI is InChI=1S/C7H6BrN3O/c1-12-7-6-10-4-5(8)11(6)3-2-9-7/h2-4H,1H3. The van der Waals surface area contributed by atoms with Gasteiger partial charge in [-0.25, -0.2) is 9.97 Å². The fourth-order valence-electron chi connectivity index (χ4n) is 1.01. The van der Waals surface area contributed by atoms with Crippen LogP contribution in [-0.4, -0.2) is 21.5 Å². The van der Waals surface area contributed by atoms with Crippen LogP contribution in [0.15, 0.2) is 23.2 Å². The van der Waals surface area contributed by atoms with Gasteiger partial charge in [-0.1, -0.05) is 0 Å². The highest BCUT2D eigenvalue weighted by Gasteiger charge is 2.05. The van der Waals surface area contributed by atoms with Crippen LogP contribution in [0.2, 0.25) is 0 Å². The zero-order valence-corrected chi connectivity index (χ0v) is 7.95. The SMILES string of the molecule is COc1nccn2c(Br)cnc12. The lowest BCUT2D eigenvalue weighted by molar-refractivity contribution is 0.400. The van der Waals surface area contributed by atoms with Crippen molar-refractivity contribution in [3.05, 3.63) is 23.2 Å². The zero-order valence-electron chi connectivity index (χ0n) is 6.36. The van der Waals surface area contributed by atoms with Crippen LogP contribution in [0.1, 0.15) is 0 Å². The highest BCUT2D eigenvalue weighted by molar-refractivity contribution is 9.10. The molecule has 2 rings (SSSR count). The molecule has 0 aliphatic heterocycles. The van der Waals surface area contributed by atoms with Crippen molar-refractivity contribution < 1.29 is 4.74 Å². The molecule has 0 unspecified atom stereocenters. The van der Waals surface area contributed by atoms with Gasteiger partial charge in [-0.2, -0.15) is 0 Å². The van der Waals surface area contributed by atoms with E-state index < -0.39 is 0 Å². The average Bonchev–Trinajstić information content (AvgIpc) is 2.48. The van der Waals surface area contributed by atoms with Crippen LogP contribution < -0.4 is 4.74 Å². The van der Waals surface area contributed by atoms with Crippen molar-refractivity contribution in [1.82, 2.24) is 14.4 Å². The lowest BCUT2D eigenvalue weighted by Crippen LogP contribution is -1.93. The molecule has 0 radical (unpaired) electrons. The number of aromatic nitrogens is 3. The molecule has 0 aliphatic carbocycles. The lowest BCUT2D eigenvalue weighted by Gasteiger charge is -1.99. The van der Waals surface area contributed by atoms with Crippen LogP contribution in [0.3, 0.4) is 0 Å². The Kier molecular flexibility index (Phi) is 1.73. The number of ether oxygens (including phenoxy) is 1. The quantitative estimate of drug-likeness (QED) is 0.742. The molecule has 0 aromatic carbocycles. The number of methoxy groups -OCH3 is 1. The highest BCUT2D eigenvalue weighted by Crippen LogP contribution is 2.18. The molecule has 0 saturated carbocycles. The van der Waals surface area contributed by atoms with Gasteiger partial charge in [0.05, 0.1) is 13.3 Å². The fourth-order valence-corrected chi connectivity index (χ4v) is 1.40. The molecule has 5 heteroatoms. The van der Waals surface area contributed by atoms with Gasteiger partial charge in [0.1, 0.15) is 4.60 Å². The summed E-state index contributed by atoms with van der Waals surface area (Å²) in [5.41, 5.74) is 0.715. The minimum absolute atomic E-state index is 0.531. The number of fused-ring (bicyclic) bond motifs is 1. The molecular weight excluding hydrogens is 222 g/mol. The van der Waals surface area contributed by atoms with Gasteiger partial charge < -0.3 is 4.74 Å². The third kappa shape index (κ3) is 0.972. The van der Waals surface area contributed by atoms with Gasteiger partial charge in [0.25, 0.3) is 5.88 Å². The van der Waals surface area contributed by atoms with Gasteiger partial charge in [0.15, 0.2) is 0 Å². The predicted octanol–water partition coefficient (Wildman–Crippen LogP) is 1.50. The van der Waals surface area contributed by atoms with Gasteiger partial charge in [-0.05, 0) is 15.9 Å². The van der Waals surface area contributed by atoms with Crippen LogP contribution in [0.4, 0.5) is 0 Å². The number of nitrogens with zero attached hydrogens (tertiary/aromatic N) is 3. The average molecular weight is 228 g/mol. The van der Waals surface area contributed by atoms with Crippen molar-refractivity contribution in [2.45, 2.75) is 0 Å². The minimum atomic E-state index is 0.531. The summed E-state index contributed by atoms with van der Waals surface area (Å²) in [6.45, 7) is 0. The van der Waals surface area contributed by atoms with Gasteiger partial charge in [0.2, 0.25) is 5.65 Å². The zero-order chi connectivity index (χ0) is 8.55. The first-order valence-electron chi connectivity index (χ1n) is 3.34. The van der Waals surface area contributed by atoms with Gasteiger partial charge in [0, 0.05) is 12.4 Å². The first kappa shape index (κ1) is 7.54. The summed E-state index contributed by atoms with van der Waals surface area (Å²) in [6.07, 6.45) is 5.19. The molecule has 2 aromatic heterocycles. The van der Waals surface area contributed by atoms with Gasteiger partial charge in [-0.3, -0.25) is 4.40 Å². The van der Waals surface area contributed by atoms with Crippen molar-refractivity contribution in [3.63, 3.8) is 0 Å². The second kappa shape index (κ2) is 2.75. The molecule has 0 amide bonds. The molecule has 4 nitrogen and oxygen atoms in total. The van der Waals surface area contributed by atoms with E-state index in [1.54, 1.807) is 19.5 Å². The van der Waals surface area contributed by atoms with Crippen molar-refractivity contribution in [1.29, 1.82) is 0 Å². The maximum Gasteiger partial charge on any atom is 0.258 e. The molecule has 0 fully saturated rings. The summed E-state index contributed by atoms with van der Waals surface area (Å²) < 4.78 is 7.77. The summed E-state index contributed by atoms with van der Waals surface area (Å²) in [5.74, 6) is 0.531. The molecule has 0 atom stereocenters. The Morgan fingerprint density at radius 1 is 1.50 bits per heavy atom. The smallest absolute Gasteiger partial charge is 0.258 e. The van der Waals surface area contributed by atoms with E-state index in [4.69, 9.17) is 4.74 Å². The van der Waals surface area contributed by atoms with E-state index in [-0.39, 0.29) is 0 Å². The maximum absolute atomic E-state index is 5.03. The molecular formula is C7H6BrN3O. The molecule has 0 saturated heterocycles. The molecule has 0 spiro atoms. The molecule has 0 N–H and O–H groups in total. The number of rotatable bonds is 1. The Morgan fingerprint density at radius 3 is 3.08 bits per heavy atom. The van der Waals surface area contributed by atoms with Crippen molar-refractivity contribution in [2.24, 2.45) is 0 Å². The second-order valence-electron chi connectivity index (χ2n) is 2.21. The minimum Gasteiger partial charge on any atom is -0.478 e. The Balaban J connectivity index is 2.81. The topological polar surface area (TPSA) is 39.4 Å². The second-order valence-corrected chi connectivity index (χ2v) is 3.02. The van der Waals surface area contributed by atoms with E-state index in [1.807, 2.05) is 10.6 Å². The normalized spacial score (nSPS) is 10.5. The summed E-state index contributed by atoms with van der Waals surface area (Å²) in [5, 5.41) is 0.